The van der Waals surface area contributed by atoms with Gasteiger partial charge in [-0.25, -0.2) is 5.01 Å². The Morgan fingerprint density at radius 2 is 1.46 bits per heavy atom. The van der Waals surface area contributed by atoms with Gasteiger partial charge in [-0.05, 0) is 48.8 Å². The molecule has 4 rings (SSSR count). The molecule has 2 unspecified atom stereocenters. The van der Waals surface area contributed by atoms with Gasteiger partial charge in [-0.15, -0.1) is 0 Å². The number of rotatable bonds is 4. The molecule has 28 heavy (non-hydrogen) atoms. The van der Waals surface area contributed by atoms with E-state index in [1.54, 1.807) is 0 Å². The first-order valence-electron chi connectivity index (χ1n) is 9.73. The summed E-state index contributed by atoms with van der Waals surface area (Å²) < 4.78 is 0. The predicted octanol–water partition coefficient (Wildman–Crippen LogP) is 5.64. The van der Waals surface area contributed by atoms with Gasteiger partial charge in [0.25, 0.3) is 0 Å². The number of anilines is 1. The van der Waals surface area contributed by atoms with Gasteiger partial charge in [0.05, 0.1) is 6.04 Å². The standard InChI is InChI=1S/C24H25N3S/c1-19-17-23(21-13-7-3-8-14-21)26(18-20-11-5-2-6-12-20)27(19)24(28)25-22-15-9-4-10-16-22/h2-16,19,23H,17-18H2,1H3,(H,25,28). The van der Waals surface area contributed by atoms with E-state index in [4.69, 9.17) is 12.2 Å². The zero-order valence-corrected chi connectivity index (χ0v) is 16.8. The van der Waals surface area contributed by atoms with Crippen LogP contribution < -0.4 is 5.32 Å². The van der Waals surface area contributed by atoms with Crippen LogP contribution in [0.1, 0.15) is 30.5 Å². The first-order valence-corrected chi connectivity index (χ1v) is 10.1. The van der Waals surface area contributed by atoms with Crippen LogP contribution in [0.3, 0.4) is 0 Å². The highest BCUT2D eigenvalue weighted by molar-refractivity contribution is 7.80. The molecule has 2 atom stereocenters. The third-order valence-electron chi connectivity index (χ3n) is 5.22. The number of thiocarbonyl (C=S) groups is 1. The van der Waals surface area contributed by atoms with Gasteiger partial charge in [0.2, 0.25) is 0 Å². The van der Waals surface area contributed by atoms with E-state index in [9.17, 15) is 0 Å². The summed E-state index contributed by atoms with van der Waals surface area (Å²) in [7, 11) is 0. The molecule has 1 aliphatic rings. The van der Waals surface area contributed by atoms with E-state index in [1.807, 2.05) is 30.3 Å². The van der Waals surface area contributed by atoms with Crippen LogP contribution in [0.25, 0.3) is 0 Å². The summed E-state index contributed by atoms with van der Waals surface area (Å²) >= 11 is 5.84. The highest BCUT2D eigenvalue weighted by atomic mass is 32.1. The molecule has 1 heterocycles. The maximum absolute atomic E-state index is 5.84. The molecular formula is C24H25N3S. The number of para-hydroxylation sites is 1. The zero-order chi connectivity index (χ0) is 19.3. The molecule has 0 bridgehead atoms. The highest BCUT2D eigenvalue weighted by Gasteiger charge is 2.39. The van der Waals surface area contributed by atoms with Crippen molar-refractivity contribution in [2.75, 3.05) is 5.32 Å². The molecule has 3 aromatic rings. The molecule has 4 heteroatoms. The Morgan fingerprint density at radius 1 is 0.893 bits per heavy atom. The lowest BCUT2D eigenvalue weighted by Crippen LogP contribution is -2.46. The summed E-state index contributed by atoms with van der Waals surface area (Å²) in [6.45, 7) is 3.07. The molecule has 0 spiro atoms. The highest BCUT2D eigenvalue weighted by Crippen LogP contribution is 2.37. The molecule has 142 valence electrons. The molecule has 1 saturated heterocycles. The van der Waals surface area contributed by atoms with Crippen molar-refractivity contribution in [1.29, 1.82) is 0 Å². The van der Waals surface area contributed by atoms with Crippen molar-refractivity contribution in [2.24, 2.45) is 0 Å². The quantitative estimate of drug-likeness (QED) is 0.584. The Kier molecular flexibility index (Phi) is 5.70. The first kappa shape index (κ1) is 18.7. The third-order valence-corrected chi connectivity index (χ3v) is 5.51. The Labute approximate surface area is 172 Å². The van der Waals surface area contributed by atoms with E-state index < -0.39 is 0 Å². The van der Waals surface area contributed by atoms with E-state index in [2.05, 4.69) is 82.9 Å². The normalized spacial score (nSPS) is 19.5. The Morgan fingerprint density at radius 3 is 2.11 bits per heavy atom. The lowest BCUT2D eigenvalue weighted by atomic mass is 10.0. The number of nitrogens with zero attached hydrogens (tertiary/aromatic N) is 2. The largest absolute Gasteiger partial charge is 0.332 e. The molecule has 0 radical (unpaired) electrons. The van der Waals surface area contributed by atoms with E-state index >= 15 is 0 Å². The van der Waals surface area contributed by atoms with Crippen molar-refractivity contribution < 1.29 is 0 Å². The minimum atomic E-state index is 0.298. The third kappa shape index (κ3) is 4.08. The fourth-order valence-electron chi connectivity index (χ4n) is 3.91. The van der Waals surface area contributed by atoms with Crippen molar-refractivity contribution in [2.45, 2.75) is 32.0 Å². The van der Waals surface area contributed by atoms with Crippen molar-refractivity contribution in [3.05, 3.63) is 102 Å². The second-order valence-corrected chi connectivity index (χ2v) is 7.62. The minimum Gasteiger partial charge on any atom is -0.332 e. The number of benzene rings is 3. The van der Waals surface area contributed by atoms with Crippen molar-refractivity contribution in [3.8, 4) is 0 Å². The molecule has 1 aliphatic heterocycles. The number of hydrazine groups is 1. The second kappa shape index (κ2) is 8.55. The number of nitrogens with one attached hydrogen (secondary N) is 1. The van der Waals surface area contributed by atoms with Crippen LogP contribution in [0, 0.1) is 0 Å². The molecule has 0 saturated carbocycles. The average Bonchev–Trinajstić information content (AvgIpc) is 3.06. The maximum Gasteiger partial charge on any atom is 0.188 e. The summed E-state index contributed by atoms with van der Waals surface area (Å²) in [6.07, 6.45) is 1.04. The average molecular weight is 388 g/mol. The molecule has 3 aromatic carbocycles. The van der Waals surface area contributed by atoms with Gasteiger partial charge in [0, 0.05) is 18.3 Å². The van der Waals surface area contributed by atoms with E-state index in [-0.39, 0.29) is 0 Å². The van der Waals surface area contributed by atoms with E-state index in [0.29, 0.717) is 12.1 Å². The van der Waals surface area contributed by atoms with E-state index in [1.165, 1.54) is 11.1 Å². The smallest absolute Gasteiger partial charge is 0.188 e. The first-order chi connectivity index (χ1) is 13.7. The minimum absolute atomic E-state index is 0.298. The fourth-order valence-corrected chi connectivity index (χ4v) is 4.31. The predicted molar refractivity (Wildman–Crippen MR) is 120 cm³/mol. The van der Waals surface area contributed by atoms with Gasteiger partial charge in [-0.1, -0.05) is 78.9 Å². The van der Waals surface area contributed by atoms with Crippen LogP contribution in [-0.2, 0) is 6.54 Å². The summed E-state index contributed by atoms with van der Waals surface area (Å²) in [5.41, 5.74) is 3.63. The molecule has 1 N–H and O–H groups in total. The van der Waals surface area contributed by atoms with Crippen LogP contribution in [0.15, 0.2) is 91.0 Å². The summed E-state index contributed by atoms with van der Waals surface area (Å²) in [4.78, 5) is 0. The SMILES string of the molecule is CC1CC(c2ccccc2)N(Cc2ccccc2)N1C(=S)Nc1ccccc1. The molecule has 0 aromatic heterocycles. The van der Waals surface area contributed by atoms with Crippen LogP contribution in [0.4, 0.5) is 5.69 Å². The van der Waals surface area contributed by atoms with Crippen LogP contribution >= 0.6 is 12.2 Å². The van der Waals surface area contributed by atoms with Gasteiger partial charge in [0.1, 0.15) is 0 Å². The Hall–Kier alpha value is -2.69. The Bertz CT molecular complexity index is 899. The van der Waals surface area contributed by atoms with Crippen LogP contribution in [0.2, 0.25) is 0 Å². The monoisotopic (exact) mass is 387 g/mol. The van der Waals surface area contributed by atoms with Gasteiger partial charge >= 0.3 is 0 Å². The Balaban J connectivity index is 1.63. The molecule has 0 amide bonds. The van der Waals surface area contributed by atoms with Gasteiger partial charge in [-0.3, -0.25) is 5.01 Å². The lowest BCUT2D eigenvalue weighted by molar-refractivity contribution is 0.0390. The number of hydrogen-bond donors (Lipinski definition) is 1. The summed E-state index contributed by atoms with van der Waals surface area (Å²) in [5, 5.41) is 8.83. The van der Waals surface area contributed by atoms with Gasteiger partial charge < -0.3 is 5.32 Å². The number of hydrogen-bond acceptors (Lipinski definition) is 2. The zero-order valence-electron chi connectivity index (χ0n) is 16.0. The molecule has 1 fully saturated rings. The molecule has 3 nitrogen and oxygen atoms in total. The summed E-state index contributed by atoms with van der Waals surface area (Å²) in [6, 6.07) is 32.1. The maximum atomic E-state index is 5.84. The van der Waals surface area contributed by atoms with Crippen molar-refractivity contribution >= 4 is 23.0 Å². The van der Waals surface area contributed by atoms with Gasteiger partial charge in [-0.2, -0.15) is 0 Å². The molecule has 0 aliphatic carbocycles. The van der Waals surface area contributed by atoms with Gasteiger partial charge in [0.15, 0.2) is 5.11 Å². The molecular weight excluding hydrogens is 362 g/mol. The second-order valence-electron chi connectivity index (χ2n) is 7.24. The van der Waals surface area contributed by atoms with Crippen molar-refractivity contribution in [3.63, 3.8) is 0 Å². The fraction of sp³-hybridized carbons (Fsp3) is 0.208. The summed E-state index contributed by atoms with van der Waals surface area (Å²) in [5.74, 6) is 0. The van der Waals surface area contributed by atoms with Crippen LogP contribution in [0.5, 0.6) is 0 Å². The van der Waals surface area contributed by atoms with E-state index in [0.717, 1.165) is 23.8 Å². The van der Waals surface area contributed by atoms with Crippen LogP contribution in [-0.4, -0.2) is 21.2 Å². The van der Waals surface area contributed by atoms with Crippen molar-refractivity contribution in [1.82, 2.24) is 10.0 Å². The topological polar surface area (TPSA) is 18.5 Å². The lowest BCUT2D eigenvalue weighted by Gasteiger charge is -2.36.